The molecule has 0 saturated heterocycles. The van der Waals surface area contributed by atoms with E-state index in [0.29, 0.717) is 11.3 Å². The topological polar surface area (TPSA) is 92.5 Å². The average Bonchev–Trinajstić information content (AvgIpc) is 2.68. The standard InChI is InChI=1S/C13H17N3O3S/c1-16(2)12-4-3-9(14)7-11(12)13(17)15-10-5-6-20(18,19)8-10/h3-7,10H,8,14H2,1-2H3,(H,15,17). The summed E-state index contributed by atoms with van der Waals surface area (Å²) in [6, 6.07) is 4.55. The molecular weight excluding hydrogens is 278 g/mol. The van der Waals surface area contributed by atoms with E-state index in [4.69, 9.17) is 5.73 Å². The van der Waals surface area contributed by atoms with Crippen LogP contribution in [0.3, 0.4) is 0 Å². The molecule has 1 unspecified atom stereocenters. The van der Waals surface area contributed by atoms with Gasteiger partial charge in [-0.05, 0) is 24.3 Å². The number of nitrogens with one attached hydrogen (secondary N) is 1. The molecule has 0 aromatic heterocycles. The summed E-state index contributed by atoms with van der Waals surface area (Å²) in [6.07, 6.45) is 1.48. The highest BCUT2D eigenvalue weighted by atomic mass is 32.2. The molecule has 0 radical (unpaired) electrons. The maximum atomic E-state index is 12.3. The predicted octanol–water partition coefficient (Wildman–Crippen LogP) is 0.375. The molecule has 1 aliphatic heterocycles. The minimum atomic E-state index is -3.19. The van der Waals surface area contributed by atoms with Gasteiger partial charge in [0.2, 0.25) is 0 Å². The molecule has 0 saturated carbocycles. The van der Waals surface area contributed by atoms with E-state index in [9.17, 15) is 13.2 Å². The zero-order chi connectivity index (χ0) is 14.9. The molecule has 20 heavy (non-hydrogen) atoms. The molecule has 0 bridgehead atoms. The second-order valence-electron chi connectivity index (χ2n) is 4.91. The summed E-state index contributed by atoms with van der Waals surface area (Å²) in [6.45, 7) is 0. The number of benzene rings is 1. The second kappa shape index (κ2) is 5.16. The highest BCUT2D eigenvalue weighted by molar-refractivity contribution is 7.94. The SMILES string of the molecule is CN(C)c1ccc(N)cc1C(=O)NC1C=CS(=O)(=O)C1. The van der Waals surface area contributed by atoms with Crippen molar-refractivity contribution in [2.24, 2.45) is 0 Å². The van der Waals surface area contributed by atoms with Crippen LogP contribution in [0.4, 0.5) is 11.4 Å². The Hall–Kier alpha value is -2.02. The lowest BCUT2D eigenvalue weighted by molar-refractivity contribution is 0.0948. The first-order chi connectivity index (χ1) is 9.28. The van der Waals surface area contributed by atoms with E-state index in [1.165, 1.54) is 6.08 Å². The Kier molecular flexibility index (Phi) is 3.71. The van der Waals surface area contributed by atoms with Crippen molar-refractivity contribution in [3.8, 4) is 0 Å². The first kappa shape index (κ1) is 14.4. The lowest BCUT2D eigenvalue weighted by Crippen LogP contribution is -2.36. The van der Waals surface area contributed by atoms with Gasteiger partial charge in [-0.1, -0.05) is 0 Å². The number of rotatable bonds is 3. The highest BCUT2D eigenvalue weighted by Crippen LogP contribution is 2.22. The summed E-state index contributed by atoms with van der Waals surface area (Å²) in [5.41, 5.74) is 7.34. The fraction of sp³-hybridized carbons (Fsp3) is 0.308. The lowest BCUT2D eigenvalue weighted by atomic mass is 10.1. The van der Waals surface area contributed by atoms with Crippen LogP contribution in [0.15, 0.2) is 29.7 Å². The number of nitrogens with zero attached hydrogens (tertiary/aromatic N) is 1. The van der Waals surface area contributed by atoms with Crippen LogP contribution in [0.5, 0.6) is 0 Å². The van der Waals surface area contributed by atoms with Gasteiger partial charge in [0.05, 0.1) is 17.4 Å². The van der Waals surface area contributed by atoms with Gasteiger partial charge in [0.1, 0.15) is 0 Å². The molecular formula is C13H17N3O3S. The maximum Gasteiger partial charge on any atom is 0.253 e. The first-order valence-corrected chi connectivity index (χ1v) is 7.79. The molecule has 108 valence electrons. The minimum Gasteiger partial charge on any atom is -0.399 e. The number of carbonyl (C=O) groups is 1. The third kappa shape index (κ3) is 3.11. The number of hydrogen-bond donors (Lipinski definition) is 2. The van der Waals surface area contributed by atoms with Gasteiger partial charge in [0, 0.05) is 30.9 Å². The van der Waals surface area contributed by atoms with Crippen molar-refractivity contribution in [3.05, 3.63) is 35.2 Å². The van der Waals surface area contributed by atoms with Gasteiger partial charge >= 0.3 is 0 Å². The molecule has 0 spiro atoms. The number of nitrogens with two attached hydrogens (primary N) is 1. The van der Waals surface area contributed by atoms with Crippen LogP contribution in [-0.4, -0.2) is 40.2 Å². The second-order valence-corrected chi connectivity index (χ2v) is 6.84. The Balaban J connectivity index is 2.22. The molecule has 7 heteroatoms. The van der Waals surface area contributed by atoms with Crippen molar-refractivity contribution in [3.63, 3.8) is 0 Å². The van der Waals surface area contributed by atoms with Crippen LogP contribution >= 0.6 is 0 Å². The third-order valence-corrected chi connectivity index (χ3v) is 4.39. The van der Waals surface area contributed by atoms with Crippen LogP contribution in [0, 0.1) is 0 Å². The molecule has 1 aromatic carbocycles. The van der Waals surface area contributed by atoms with Gasteiger partial charge in [-0.3, -0.25) is 4.79 Å². The van der Waals surface area contributed by atoms with Gasteiger partial charge in [-0.25, -0.2) is 8.42 Å². The van der Waals surface area contributed by atoms with E-state index < -0.39 is 15.9 Å². The molecule has 2 rings (SSSR count). The normalized spacial score (nSPS) is 19.8. The van der Waals surface area contributed by atoms with Crippen molar-refractivity contribution in [2.75, 3.05) is 30.5 Å². The van der Waals surface area contributed by atoms with Crippen LogP contribution in [-0.2, 0) is 9.84 Å². The third-order valence-electron chi connectivity index (χ3n) is 2.99. The van der Waals surface area contributed by atoms with Gasteiger partial charge < -0.3 is 16.0 Å². The summed E-state index contributed by atoms with van der Waals surface area (Å²) >= 11 is 0. The summed E-state index contributed by atoms with van der Waals surface area (Å²) in [5.74, 6) is -0.439. The first-order valence-electron chi connectivity index (χ1n) is 6.07. The van der Waals surface area contributed by atoms with Crippen molar-refractivity contribution < 1.29 is 13.2 Å². The monoisotopic (exact) mass is 295 g/mol. The van der Waals surface area contributed by atoms with Crippen molar-refractivity contribution in [1.29, 1.82) is 0 Å². The number of amides is 1. The Morgan fingerprint density at radius 3 is 2.65 bits per heavy atom. The Morgan fingerprint density at radius 2 is 2.10 bits per heavy atom. The van der Waals surface area contributed by atoms with Crippen LogP contribution in [0.1, 0.15) is 10.4 Å². The van der Waals surface area contributed by atoms with Gasteiger partial charge in [-0.2, -0.15) is 0 Å². The number of carbonyl (C=O) groups excluding carboxylic acids is 1. The van der Waals surface area contributed by atoms with E-state index in [2.05, 4.69) is 5.32 Å². The van der Waals surface area contributed by atoms with E-state index in [1.807, 2.05) is 14.1 Å². The molecule has 6 nitrogen and oxygen atoms in total. The maximum absolute atomic E-state index is 12.3. The Bertz CT molecular complexity index is 665. The fourth-order valence-corrected chi connectivity index (χ4v) is 3.27. The molecule has 1 atom stereocenters. The molecule has 0 aliphatic carbocycles. The summed E-state index contributed by atoms with van der Waals surface area (Å²) in [7, 11) is 0.455. The largest absolute Gasteiger partial charge is 0.399 e. The quantitative estimate of drug-likeness (QED) is 0.786. The van der Waals surface area contributed by atoms with Crippen molar-refractivity contribution in [1.82, 2.24) is 5.32 Å². The number of hydrogen-bond acceptors (Lipinski definition) is 5. The zero-order valence-electron chi connectivity index (χ0n) is 11.3. The molecule has 1 heterocycles. The number of anilines is 2. The van der Waals surface area contributed by atoms with E-state index in [0.717, 1.165) is 11.1 Å². The predicted molar refractivity (Wildman–Crippen MR) is 79.4 cm³/mol. The fourth-order valence-electron chi connectivity index (χ4n) is 2.04. The molecule has 1 aliphatic rings. The average molecular weight is 295 g/mol. The molecule has 1 aromatic rings. The van der Waals surface area contributed by atoms with Crippen LogP contribution in [0.25, 0.3) is 0 Å². The van der Waals surface area contributed by atoms with Gasteiger partial charge in [0.25, 0.3) is 5.91 Å². The molecule has 1 amide bonds. The Labute approximate surface area is 118 Å². The summed E-state index contributed by atoms with van der Waals surface area (Å²) < 4.78 is 22.6. The summed E-state index contributed by atoms with van der Waals surface area (Å²) in [4.78, 5) is 14.1. The van der Waals surface area contributed by atoms with Gasteiger partial charge in [0.15, 0.2) is 9.84 Å². The highest BCUT2D eigenvalue weighted by Gasteiger charge is 2.24. The Morgan fingerprint density at radius 1 is 1.40 bits per heavy atom. The van der Waals surface area contributed by atoms with Crippen molar-refractivity contribution >= 4 is 27.1 Å². The van der Waals surface area contributed by atoms with Crippen LogP contribution < -0.4 is 16.0 Å². The van der Waals surface area contributed by atoms with Gasteiger partial charge in [-0.15, -0.1) is 0 Å². The molecule has 3 N–H and O–H groups in total. The number of nitrogen functional groups attached to an aromatic ring is 1. The zero-order valence-corrected chi connectivity index (χ0v) is 12.1. The lowest BCUT2D eigenvalue weighted by Gasteiger charge is -2.18. The molecule has 0 fully saturated rings. The minimum absolute atomic E-state index is 0.0989. The smallest absolute Gasteiger partial charge is 0.253 e. The van der Waals surface area contributed by atoms with E-state index in [-0.39, 0.29) is 11.7 Å². The van der Waals surface area contributed by atoms with Crippen molar-refractivity contribution in [2.45, 2.75) is 6.04 Å². The number of sulfone groups is 1. The van der Waals surface area contributed by atoms with E-state index >= 15 is 0 Å². The summed E-state index contributed by atoms with van der Waals surface area (Å²) in [5, 5.41) is 3.82. The van der Waals surface area contributed by atoms with E-state index in [1.54, 1.807) is 23.1 Å². The van der Waals surface area contributed by atoms with Crippen LogP contribution in [0.2, 0.25) is 0 Å².